The molecule has 7 nitrogen and oxygen atoms in total. The van der Waals surface area contributed by atoms with Gasteiger partial charge in [0.1, 0.15) is 0 Å². The summed E-state index contributed by atoms with van der Waals surface area (Å²) in [6, 6.07) is 0. The average Bonchev–Trinajstić information content (AvgIpc) is 2.61. The summed E-state index contributed by atoms with van der Waals surface area (Å²) in [6.07, 6.45) is 0. The molecular formula is C13H23F3N4O3S3. The molecule has 0 aliphatic carbocycles. The molecular weight excluding hydrogens is 413 g/mol. The van der Waals surface area contributed by atoms with Crippen LogP contribution in [0.1, 0.15) is 13.8 Å². The smallest absolute Gasteiger partial charge is 0.282 e. The minimum atomic E-state index is -3.29. The van der Waals surface area contributed by atoms with Crippen molar-refractivity contribution in [1.82, 2.24) is 21.3 Å². The van der Waals surface area contributed by atoms with Crippen molar-refractivity contribution in [1.29, 1.82) is 0 Å². The van der Waals surface area contributed by atoms with Gasteiger partial charge in [0.05, 0.1) is 11.5 Å². The Labute approximate surface area is 166 Å². The van der Waals surface area contributed by atoms with Crippen LogP contribution in [0.5, 0.6) is 0 Å². The van der Waals surface area contributed by atoms with Gasteiger partial charge >= 0.3 is 0 Å². The highest BCUT2D eigenvalue weighted by Crippen LogP contribution is 2.18. The van der Waals surface area contributed by atoms with Gasteiger partial charge in [0.2, 0.25) is 5.79 Å². The van der Waals surface area contributed by atoms with Crippen molar-refractivity contribution in [2.24, 2.45) is 0 Å². The lowest BCUT2D eigenvalue weighted by Gasteiger charge is -2.31. The molecule has 0 aliphatic rings. The molecule has 0 saturated carbocycles. The van der Waals surface area contributed by atoms with Crippen molar-refractivity contribution in [3.63, 3.8) is 0 Å². The molecule has 0 aliphatic heterocycles. The van der Waals surface area contributed by atoms with Gasteiger partial charge in [0.15, 0.2) is 0 Å². The van der Waals surface area contributed by atoms with Crippen molar-refractivity contribution >= 4 is 55.6 Å². The van der Waals surface area contributed by atoms with E-state index in [1.807, 2.05) is 0 Å². The lowest BCUT2D eigenvalue weighted by Crippen LogP contribution is -2.68. The maximum Gasteiger partial charge on any atom is 0.282 e. The summed E-state index contributed by atoms with van der Waals surface area (Å²) >= 11 is 10.9. The molecule has 0 bridgehead atoms. The Kier molecular flexibility index (Phi) is 10.2. The first kappa shape index (κ1) is 25.2. The van der Waals surface area contributed by atoms with Gasteiger partial charge in [-0.25, -0.2) is 13.2 Å². The molecule has 0 radical (unpaired) electrons. The van der Waals surface area contributed by atoms with Gasteiger partial charge in [-0.05, 0) is 13.5 Å². The first-order chi connectivity index (χ1) is 12.0. The molecule has 0 rings (SSSR count). The second-order valence-electron chi connectivity index (χ2n) is 5.18. The van der Waals surface area contributed by atoms with Gasteiger partial charge in [-0.15, -0.1) is 0 Å². The second kappa shape index (κ2) is 10.5. The lowest BCUT2D eigenvalue weighted by molar-refractivity contribution is -0.150. The molecule has 0 saturated heterocycles. The summed E-state index contributed by atoms with van der Waals surface area (Å²) in [6.45, 7) is 3.06. The average molecular weight is 437 g/mol. The lowest BCUT2D eigenvalue weighted by atomic mass is 10.1. The SMILES string of the molecule is CCNC(=O)C(F)(CS)NC(=O)[C@](F)(CS)NC(=O)[C@](F)(CS)NCC. The highest BCUT2D eigenvalue weighted by Gasteiger charge is 2.49. The number of likely N-dealkylation sites (N-methyl/N-ethyl adjacent to an activating group) is 2. The Morgan fingerprint density at radius 2 is 1.12 bits per heavy atom. The Morgan fingerprint density at radius 1 is 0.731 bits per heavy atom. The third-order valence-electron chi connectivity index (χ3n) is 3.15. The molecule has 0 fully saturated rings. The van der Waals surface area contributed by atoms with E-state index >= 15 is 0 Å². The predicted octanol–water partition coefficient (Wildman–Crippen LogP) is -0.249. The molecule has 0 aromatic carbocycles. The van der Waals surface area contributed by atoms with E-state index in [9.17, 15) is 27.6 Å². The molecule has 26 heavy (non-hydrogen) atoms. The molecule has 3 atom stereocenters. The fraction of sp³-hybridized carbons (Fsp3) is 0.769. The van der Waals surface area contributed by atoms with Crippen LogP contribution >= 0.6 is 37.9 Å². The molecule has 0 spiro atoms. The van der Waals surface area contributed by atoms with Gasteiger partial charge in [0.25, 0.3) is 29.3 Å². The van der Waals surface area contributed by atoms with E-state index in [1.165, 1.54) is 24.5 Å². The summed E-state index contributed by atoms with van der Waals surface area (Å²) in [5, 5.41) is 7.34. The highest BCUT2D eigenvalue weighted by atomic mass is 32.1. The summed E-state index contributed by atoms with van der Waals surface area (Å²) < 4.78 is 43.8. The highest BCUT2D eigenvalue weighted by molar-refractivity contribution is 7.80. The van der Waals surface area contributed by atoms with E-state index in [1.54, 1.807) is 0 Å². The monoisotopic (exact) mass is 436 g/mol. The number of carbonyl (C=O) groups is 3. The first-order valence-electron chi connectivity index (χ1n) is 7.56. The van der Waals surface area contributed by atoms with Gasteiger partial charge in [-0.1, -0.05) is 6.92 Å². The van der Waals surface area contributed by atoms with Crippen molar-refractivity contribution in [2.45, 2.75) is 31.2 Å². The van der Waals surface area contributed by atoms with E-state index in [2.05, 4.69) is 48.5 Å². The van der Waals surface area contributed by atoms with E-state index in [0.29, 0.717) is 0 Å². The molecule has 4 N–H and O–H groups in total. The number of alkyl halides is 3. The van der Waals surface area contributed by atoms with E-state index < -0.39 is 52.4 Å². The Balaban J connectivity index is 5.43. The zero-order chi connectivity index (χ0) is 20.6. The fourth-order valence-corrected chi connectivity index (χ4v) is 2.38. The molecule has 13 heteroatoms. The van der Waals surface area contributed by atoms with E-state index in [4.69, 9.17) is 0 Å². The number of hydrogen-bond donors (Lipinski definition) is 7. The summed E-state index contributed by atoms with van der Waals surface area (Å²) in [5.74, 6) is -16.0. The number of rotatable bonds is 11. The first-order valence-corrected chi connectivity index (χ1v) is 9.46. The molecule has 1 unspecified atom stereocenters. The van der Waals surface area contributed by atoms with Gasteiger partial charge in [0, 0.05) is 12.3 Å². The minimum absolute atomic E-state index is 0.0151. The van der Waals surface area contributed by atoms with Crippen LogP contribution < -0.4 is 21.3 Å². The molecule has 152 valence electrons. The van der Waals surface area contributed by atoms with Crippen LogP contribution in [0.3, 0.4) is 0 Å². The van der Waals surface area contributed by atoms with Crippen molar-refractivity contribution in [3.8, 4) is 0 Å². The van der Waals surface area contributed by atoms with Crippen LogP contribution in [0.2, 0.25) is 0 Å². The van der Waals surface area contributed by atoms with Crippen LogP contribution in [0.4, 0.5) is 13.2 Å². The topological polar surface area (TPSA) is 99.3 Å². The maximum absolute atomic E-state index is 14.8. The van der Waals surface area contributed by atoms with Crippen LogP contribution in [0, 0.1) is 0 Å². The number of thiol groups is 3. The number of nitrogens with one attached hydrogen (secondary N) is 4. The summed E-state index contributed by atoms with van der Waals surface area (Å²) in [4.78, 5) is 35.8. The Hall–Kier alpha value is -0.790. The van der Waals surface area contributed by atoms with Gasteiger partial charge in [-0.3, -0.25) is 19.7 Å². The number of carbonyl (C=O) groups excluding carboxylic acids is 3. The third-order valence-corrected chi connectivity index (χ3v) is 4.46. The normalized spacial score (nSPS) is 18.0. The minimum Gasteiger partial charge on any atom is -0.352 e. The molecule has 3 amide bonds. The van der Waals surface area contributed by atoms with E-state index in [0.717, 1.165) is 0 Å². The third kappa shape index (κ3) is 6.13. The predicted molar refractivity (Wildman–Crippen MR) is 102 cm³/mol. The van der Waals surface area contributed by atoms with Crippen LogP contribution in [-0.2, 0) is 14.4 Å². The number of halogens is 3. The molecule has 0 aromatic rings. The van der Waals surface area contributed by atoms with Crippen molar-refractivity contribution in [3.05, 3.63) is 0 Å². The standard InChI is InChI=1S/C13H23F3N4O3S3/c1-3-17-8(21)12(15,6-25)20-10(23)13(16,7-26)19-9(22)11(14,5-24)18-4-2/h18,24-26H,3-7H2,1-2H3,(H,17,21)(H,19,22)(H,20,23)/t11-,12?,13-/m0/s1. The Morgan fingerprint density at radius 3 is 1.46 bits per heavy atom. The zero-order valence-corrected chi connectivity index (χ0v) is 16.9. The molecule has 0 aromatic heterocycles. The van der Waals surface area contributed by atoms with E-state index in [-0.39, 0.29) is 13.1 Å². The maximum atomic E-state index is 14.8. The van der Waals surface area contributed by atoms with Gasteiger partial charge < -0.3 is 16.0 Å². The van der Waals surface area contributed by atoms with Gasteiger partial charge in [-0.2, -0.15) is 37.9 Å². The number of hydrogen-bond acceptors (Lipinski definition) is 7. The largest absolute Gasteiger partial charge is 0.352 e. The van der Waals surface area contributed by atoms with Crippen molar-refractivity contribution in [2.75, 3.05) is 30.3 Å². The fourth-order valence-electron chi connectivity index (χ4n) is 1.68. The summed E-state index contributed by atoms with van der Waals surface area (Å²) in [7, 11) is 0. The number of amides is 3. The Bertz CT molecular complexity index is 534. The quantitative estimate of drug-likeness (QED) is 0.179. The summed E-state index contributed by atoms with van der Waals surface area (Å²) in [5.41, 5.74) is 0. The van der Waals surface area contributed by atoms with Crippen molar-refractivity contribution < 1.29 is 27.6 Å². The zero-order valence-electron chi connectivity index (χ0n) is 14.2. The van der Waals surface area contributed by atoms with Crippen LogP contribution in [0.25, 0.3) is 0 Å². The van der Waals surface area contributed by atoms with Crippen LogP contribution in [0.15, 0.2) is 0 Å². The second-order valence-corrected chi connectivity index (χ2v) is 6.12. The van der Waals surface area contributed by atoms with Crippen LogP contribution in [-0.4, -0.2) is 65.4 Å². The molecule has 0 heterocycles.